The fourth-order valence-electron chi connectivity index (χ4n) is 3.80. The predicted molar refractivity (Wildman–Crippen MR) is 109 cm³/mol. The normalized spacial score (nSPS) is 15.1. The second-order valence-corrected chi connectivity index (χ2v) is 7.57. The first-order valence-corrected chi connectivity index (χ1v) is 10.1. The summed E-state index contributed by atoms with van der Waals surface area (Å²) in [7, 11) is 0. The Kier molecular flexibility index (Phi) is 5.44. The second kappa shape index (κ2) is 8.13. The van der Waals surface area contributed by atoms with E-state index in [4.69, 9.17) is 16.6 Å². The number of carbonyl (C=O) groups excluding carboxylic acids is 1. The van der Waals surface area contributed by atoms with Gasteiger partial charge in [-0.05, 0) is 36.6 Å². The molecule has 0 saturated carbocycles. The Morgan fingerprint density at radius 3 is 2.44 bits per heavy atom. The maximum absolute atomic E-state index is 13.0. The average Bonchev–Trinajstić information content (AvgIpc) is 2.86. The average molecular weight is 382 g/mol. The predicted octanol–water partition coefficient (Wildman–Crippen LogP) is 4.68. The molecule has 4 rings (SSSR count). The largest absolute Gasteiger partial charge is 0.341 e. The Balaban J connectivity index is 1.66. The zero-order valence-electron chi connectivity index (χ0n) is 15.4. The summed E-state index contributed by atoms with van der Waals surface area (Å²) in [5.74, 6) is 1.06. The molecule has 1 aromatic heterocycles. The first kappa shape index (κ1) is 18.1. The van der Waals surface area contributed by atoms with Crippen molar-refractivity contribution in [2.24, 2.45) is 0 Å². The number of amides is 1. The lowest BCUT2D eigenvalue weighted by atomic mass is 10.1. The second-order valence-electron chi connectivity index (χ2n) is 7.17. The van der Waals surface area contributed by atoms with E-state index in [9.17, 15) is 4.79 Å². The van der Waals surface area contributed by atoms with E-state index in [1.54, 1.807) is 0 Å². The van der Waals surface area contributed by atoms with Crippen LogP contribution in [0, 0.1) is 0 Å². The number of fused-ring (bicyclic) bond motifs is 1. The molecule has 0 N–H and O–H groups in total. The molecule has 0 atom stereocenters. The number of imidazole rings is 1. The summed E-state index contributed by atoms with van der Waals surface area (Å²) >= 11 is 6.36. The van der Waals surface area contributed by atoms with Gasteiger partial charge in [0.1, 0.15) is 12.4 Å². The highest BCUT2D eigenvalue weighted by molar-refractivity contribution is 6.31. The van der Waals surface area contributed by atoms with E-state index < -0.39 is 0 Å². The van der Waals surface area contributed by atoms with E-state index in [0.717, 1.165) is 53.4 Å². The van der Waals surface area contributed by atoms with Crippen LogP contribution in [0.1, 0.15) is 37.1 Å². The Bertz CT molecular complexity index is 942. The molecule has 5 heteroatoms. The van der Waals surface area contributed by atoms with E-state index >= 15 is 0 Å². The van der Waals surface area contributed by atoms with Crippen molar-refractivity contribution in [3.8, 4) is 0 Å². The molecule has 0 radical (unpaired) electrons. The number of hydrogen-bond acceptors (Lipinski definition) is 2. The lowest BCUT2D eigenvalue weighted by Gasteiger charge is -2.21. The molecule has 2 aromatic carbocycles. The maximum Gasteiger partial charge on any atom is 0.242 e. The highest BCUT2D eigenvalue weighted by Gasteiger charge is 2.19. The van der Waals surface area contributed by atoms with Crippen LogP contribution in [0.5, 0.6) is 0 Å². The molecule has 140 valence electrons. The number of aromatic nitrogens is 2. The molecule has 3 aromatic rings. The third-order valence-electron chi connectivity index (χ3n) is 5.29. The molecule has 1 fully saturated rings. The van der Waals surface area contributed by atoms with Gasteiger partial charge in [-0.3, -0.25) is 4.79 Å². The topological polar surface area (TPSA) is 38.1 Å². The molecule has 1 aliphatic rings. The van der Waals surface area contributed by atoms with Gasteiger partial charge in [-0.25, -0.2) is 4.98 Å². The van der Waals surface area contributed by atoms with Crippen molar-refractivity contribution in [3.63, 3.8) is 0 Å². The quantitative estimate of drug-likeness (QED) is 0.657. The van der Waals surface area contributed by atoms with Crippen LogP contribution in [0.4, 0.5) is 0 Å². The molecular formula is C22H24ClN3O. The summed E-state index contributed by atoms with van der Waals surface area (Å²) in [6.45, 7) is 2.07. The van der Waals surface area contributed by atoms with Crippen molar-refractivity contribution in [2.75, 3.05) is 13.1 Å². The van der Waals surface area contributed by atoms with Crippen molar-refractivity contribution in [1.29, 1.82) is 0 Å². The zero-order valence-corrected chi connectivity index (χ0v) is 16.2. The number of para-hydroxylation sites is 2. The SMILES string of the molecule is O=C(Cn1c(Cc2ccccc2Cl)nc2ccccc21)N1CCCCCC1. The van der Waals surface area contributed by atoms with Gasteiger partial charge in [-0.15, -0.1) is 0 Å². The molecule has 0 bridgehead atoms. The highest BCUT2D eigenvalue weighted by Crippen LogP contribution is 2.23. The van der Waals surface area contributed by atoms with Crippen LogP contribution in [-0.2, 0) is 17.8 Å². The minimum Gasteiger partial charge on any atom is -0.341 e. The smallest absolute Gasteiger partial charge is 0.242 e. The Morgan fingerprint density at radius 1 is 0.963 bits per heavy atom. The van der Waals surface area contributed by atoms with Crippen molar-refractivity contribution in [1.82, 2.24) is 14.5 Å². The van der Waals surface area contributed by atoms with Crippen LogP contribution >= 0.6 is 11.6 Å². The molecule has 0 aliphatic carbocycles. The molecule has 0 unspecified atom stereocenters. The summed E-state index contributed by atoms with van der Waals surface area (Å²) < 4.78 is 2.06. The van der Waals surface area contributed by atoms with Crippen LogP contribution in [0.3, 0.4) is 0 Å². The Hall–Kier alpha value is -2.33. The Morgan fingerprint density at radius 2 is 1.67 bits per heavy atom. The van der Waals surface area contributed by atoms with Gasteiger partial charge in [0.05, 0.1) is 11.0 Å². The molecule has 27 heavy (non-hydrogen) atoms. The number of rotatable bonds is 4. The van der Waals surface area contributed by atoms with Crippen LogP contribution in [0.2, 0.25) is 5.02 Å². The van der Waals surface area contributed by atoms with Gasteiger partial charge in [0.2, 0.25) is 5.91 Å². The number of hydrogen-bond donors (Lipinski definition) is 0. The van der Waals surface area contributed by atoms with Crippen molar-refractivity contribution >= 4 is 28.5 Å². The number of nitrogens with zero attached hydrogens (tertiary/aromatic N) is 3. The molecule has 1 amide bonds. The van der Waals surface area contributed by atoms with Crippen molar-refractivity contribution in [3.05, 3.63) is 64.9 Å². The molecule has 0 spiro atoms. The van der Waals surface area contributed by atoms with Gasteiger partial charge in [-0.1, -0.05) is 54.8 Å². The van der Waals surface area contributed by atoms with Gasteiger partial charge in [0.25, 0.3) is 0 Å². The van der Waals surface area contributed by atoms with Gasteiger partial charge < -0.3 is 9.47 Å². The zero-order chi connectivity index (χ0) is 18.6. The summed E-state index contributed by atoms with van der Waals surface area (Å²) in [5.41, 5.74) is 2.95. The highest BCUT2D eigenvalue weighted by atomic mass is 35.5. The van der Waals surface area contributed by atoms with E-state index in [2.05, 4.69) is 4.57 Å². The van der Waals surface area contributed by atoms with Crippen molar-refractivity contribution in [2.45, 2.75) is 38.6 Å². The van der Waals surface area contributed by atoms with Crippen molar-refractivity contribution < 1.29 is 4.79 Å². The summed E-state index contributed by atoms with van der Waals surface area (Å²) in [6, 6.07) is 15.8. The van der Waals surface area contributed by atoms with Gasteiger partial charge in [0, 0.05) is 24.5 Å². The molecule has 1 saturated heterocycles. The van der Waals surface area contributed by atoms with E-state index in [1.807, 2.05) is 53.4 Å². The summed E-state index contributed by atoms with van der Waals surface area (Å²) in [6.07, 6.45) is 5.25. The van der Waals surface area contributed by atoms with Crippen LogP contribution in [0.25, 0.3) is 11.0 Å². The number of halogens is 1. The molecule has 1 aliphatic heterocycles. The number of benzene rings is 2. The minimum absolute atomic E-state index is 0.181. The lowest BCUT2D eigenvalue weighted by Crippen LogP contribution is -2.34. The first-order valence-electron chi connectivity index (χ1n) is 9.68. The van der Waals surface area contributed by atoms with Gasteiger partial charge in [-0.2, -0.15) is 0 Å². The van der Waals surface area contributed by atoms with Gasteiger partial charge >= 0.3 is 0 Å². The van der Waals surface area contributed by atoms with Crippen LogP contribution < -0.4 is 0 Å². The fourth-order valence-corrected chi connectivity index (χ4v) is 4.01. The van der Waals surface area contributed by atoms with E-state index in [-0.39, 0.29) is 5.91 Å². The first-order chi connectivity index (χ1) is 13.2. The third-order valence-corrected chi connectivity index (χ3v) is 5.66. The van der Waals surface area contributed by atoms with Crippen LogP contribution in [0.15, 0.2) is 48.5 Å². The summed E-state index contributed by atoms with van der Waals surface area (Å²) in [5, 5.41) is 0.731. The molecular weight excluding hydrogens is 358 g/mol. The third kappa shape index (κ3) is 4.01. The van der Waals surface area contributed by atoms with Crippen LogP contribution in [-0.4, -0.2) is 33.4 Å². The Labute approximate surface area is 164 Å². The van der Waals surface area contributed by atoms with E-state index in [1.165, 1.54) is 12.8 Å². The number of likely N-dealkylation sites (tertiary alicyclic amines) is 1. The molecule has 2 heterocycles. The monoisotopic (exact) mass is 381 g/mol. The standard InChI is InChI=1S/C22H24ClN3O/c23-18-10-4-3-9-17(18)15-21-24-19-11-5-6-12-20(19)26(21)16-22(27)25-13-7-1-2-8-14-25/h3-6,9-12H,1-2,7-8,13-16H2. The van der Waals surface area contributed by atoms with E-state index in [0.29, 0.717) is 13.0 Å². The minimum atomic E-state index is 0.181. The number of carbonyl (C=O) groups is 1. The lowest BCUT2D eigenvalue weighted by molar-refractivity contribution is -0.131. The molecule has 4 nitrogen and oxygen atoms in total. The van der Waals surface area contributed by atoms with Gasteiger partial charge in [0.15, 0.2) is 0 Å². The summed E-state index contributed by atoms with van der Waals surface area (Å²) in [4.78, 5) is 19.8. The fraction of sp³-hybridized carbons (Fsp3) is 0.364. The maximum atomic E-state index is 13.0.